The number of esters is 1. The first-order valence-corrected chi connectivity index (χ1v) is 8.47. The number of nitro groups is 1. The van der Waals surface area contributed by atoms with Crippen LogP contribution in [0.5, 0.6) is 5.75 Å². The molecule has 7 heteroatoms. The molecule has 0 amide bonds. The van der Waals surface area contributed by atoms with Gasteiger partial charge in [-0.3, -0.25) is 10.1 Å². The summed E-state index contributed by atoms with van der Waals surface area (Å²) in [5.41, 5.74) is 3.46. The number of carbonyl (C=O) groups is 1. The van der Waals surface area contributed by atoms with Gasteiger partial charge < -0.3 is 14.4 Å². The number of ether oxygens (including phenoxy) is 2. The Labute approximate surface area is 157 Å². The van der Waals surface area contributed by atoms with Crippen LogP contribution >= 0.6 is 0 Å². The standard InChI is InChI=1S/C20H20N2O5/c1-26-17-6-5-15-9-10-21(13-16(15)12-17)18-7-3-14(4-8-20(23)27-2)11-19(18)22(24)25/h3-8,11-12H,9-10,13H2,1-2H3/b8-4+. The van der Waals surface area contributed by atoms with Crippen LogP contribution in [0.25, 0.3) is 6.08 Å². The van der Waals surface area contributed by atoms with Gasteiger partial charge in [-0.1, -0.05) is 12.1 Å². The minimum absolute atomic E-state index is 0.00774. The number of hydrogen-bond acceptors (Lipinski definition) is 6. The maximum atomic E-state index is 11.6. The van der Waals surface area contributed by atoms with Crippen LogP contribution in [0.4, 0.5) is 11.4 Å². The van der Waals surface area contributed by atoms with Crippen molar-refractivity contribution in [2.75, 3.05) is 25.7 Å². The Morgan fingerprint density at radius 2 is 2.00 bits per heavy atom. The summed E-state index contributed by atoms with van der Waals surface area (Å²) < 4.78 is 9.82. The fourth-order valence-electron chi connectivity index (χ4n) is 3.16. The molecule has 140 valence electrons. The van der Waals surface area contributed by atoms with Crippen LogP contribution in [0.15, 0.2) is 42.5 Å². The molecule has 0 aromatic heterocycles. The quantitative estimate of drug-likeness (QED) is 0.348. The van der Waals surface area contributed by atoms with E-state index in [4.69, 9.17) is 4.74 Å². The van der Waals surface area contributed by atoms with Crippen LogP contribution in [0.3, 0.4) is 0 Å². The molecule has 0 atom stereocenters. The minimum Gasteiger partial charge on any atom is -0.497 e. The van der Waals surface area contributed by atoms with Crippen LogP contribution in [0.2, 0.25) is 0 Å². The lowest BCUT2D eigenvalue weighted by Crippen LogP contribution is -2.30. The highest BCUT2D eigenvalue weighted by Crippen LogP contribution is 2.34. The summed E-state index contributed by atoms with van der Waals surface area (Å²) in [6.07, 6.45) is 3.54. The lowest BCUT2D eigenvalue weighted by atomic mass is 9.98. The highest BCUT2D eigenvalue weighted by Gasteiger charge is 2.24. The Kier molecular flexibility index (Phi) is 5.40. The van der Waals surface area contributed by atoms with Crippen molar-refractivity contribution in [3.8, 4) is 5.75 Å². The van der Waals surface area contributed by atoms with Crippen LogP contribution in [0.1, 0.15) is 16.7 Å². The molecule has 0 saturated carbocycles. The fraction of sp³-hybridized carbons (Fsp3) is 0.250. The Hall–Kier alpha value is -3.35. The average molecular weight is 368 g/mol. The zero-order valence-corrected chi connectivity index (χ0v) is 15.2. The number of rotatable bonds is 5. The Balaban J connectivity index is 1.90. The maximum Gasteiger partial charge on any atom is 0.330 e. The van der Waals surface area contributed by atoms with Crippen molar-refractivity contribution >= 4 is 23.4 Å². The molecule has 0 N–H and O–H groups in total. The van der Waals surface area contributed by atoms with E-state index >= 15 is 0 Å². The largest absolute Gasteiger partial charge is 0.497 e. The highest BCUT2D eigenvalue weighted by molar-refractivity contribution is 5.87. The van der Waals surface area contributed by atoms with Gasteiger partial charge in [-0.15, -0.1) is 0 Å². The maximum absolute atomic E-state index is 11.6. The minimum atomic E-state index is -0.511. The molecule has 0 radical (unpaired) electrons. The zero-order valence-electron chi connectivity index (χ0n) is 15.2. The molecule has 3 rings (SSSR count). The van der Waals surface area contributed by atoms with E-state index in [1.807, 2.05) is 23.1 Å². The smallest absolute Gasteiger partial charge is 0.330 e. The van der Waals surface area contributed by atoms with Crippen LogP contribution in [0, 0.1) is 10.1 Å². The number of hydrogen-bond donors (Lipinski definition) is 0. The van der Waals surface area contributed by atoms with Gasteiger partial charge in [-0.2, -0.15) is 0 Å². The van der Waals surface area contributed by atoms with Gasteiger partial charge in [0.2, 0.25) is 0 Å². The summed E-state index contributed by atoms with van der Waals surface area (Å²) in [6.45, 7) is 1.27. The monoisotopic (exact) mass is 368 g/mol. The molecule has 27 heavy (non-hydrogen) atoms. The molecule has 0 aliphatic carbocycles. The molecule has 2 aromatic carbocycles. The molecular formula is C20H20N2O5. The second-order valence-electron chi connectivity index (χ2n) is 6.17. The normalized spacial score (nSPS) is 13.3. The van der Waals surface area contributed by atoms with Gasteiger partial charge >= 0.3 is 5.97 Å². The lowest BCUT2D eigenvalue weighted by Gasteiger charge is -2.30. The van der Waals surface area contributed by atoms with Crippen LogP contribution in [-0.2, 0) is 22.5 Å². The molecule has 1 heterocycles. The summed E-state index contributed by atoms with van der Waals surface area (Å²) in [7, 11) is 2.90. The van der Waals surface area contributed by atoms with Crippen molar-refractivity contribution in [1.82, 2.24) is 0 Å². The second-order valence-corrected chi connectivity index (χ2v) is 6.17. The molecule has 0 unspecified atom stereocenters. The van der Waals surface area contributed by atoms with E-state index in [0.717, 1.165) is 17.7 Å². The van der Waals surface area contributed by atoms with Crippen molar-refractivity contribution in [3.05, 3.63) is 69.3 Å². The van der Waals surface area contributed by atoms with Crippen molar-refractivity contribution in [3.63, 3.8) is 0 Å². The summed E-state index contributed by atoms with van der Waals surface area (Å²) >= 11 is 0. The van der Waals surface area contributed by atoms with Crippen molar-refractivity contribution < 1.29 is 19.2 Å². The van der Waals surface area contributed by atoms with E-state index in [1.54, 1.807) is 19.2 Å². The van der Waals surface area contributed by atoms with Gasteiger partial charge in [0.15, 0.2) is 0 Å². The number of nitrogens with zero attached hydrogens (tertiary/aromatic N) is 2. The summed E-state index contributed by atoms with van der Waals surface area (Å²) in [5, 5.41) is 11.6. The summed E-state index contributed by atoms with van der Waals surface area (Å²) in [4.78, 5) is 24.4. The molecule has 7 nitrogen and oxygen atoms in total. The Bertz CT molecular complexity index is 907. The van der Waals surface area contributed by atoms with Crippen LogP contribution < -0.4 is 9.64 Å². The zero-order chi connectivity index (χ0) is 19.4. The van der Waals surface area contributed by atoms with Crippen molar-refractivity contribution in [2.45, 2.75) is 13.0 Å². The molecule has 1 aliphatic rings. The number of carbonyl (C=O) groups excluding carboxylic acids is 1. The topological polar surface area (TPSA) is 81.9 Å². The molecule has 2 aromatic rings. The van der Waals surface area contributed by atoms with E-state index in [9.17, 15) is 14.9 Å². The van der Waals surface area contributed by atoms with Crippen molar-refractivity contribution in [2.24, 2.45) is 0 Å². The predicted molar refractivity (Wildman–Crippen MR) is 102 cm³/mol. The number of nitro benzene ring substituents is 1. The molecule has 0 spiro atoms. The first kappa shape index (κ1) is 18.4. The third kappa shape index (κ3) is 4.08. The Morgan fingerprint density at radius 1 is 1.19 bits per heavy atom. The van der Waals surface area contributed by atoms with Gasteiger partial charge in [0.1, 0.15) is 11.4 Å². The summed E-state index contributed by atoms with van der Waals surface area (Å²) in [5.74, 6) is 0.261. The highest BCUT2D eigenvalue weighted by atomic mass is 16.6. The van der Waals surface area contributed by atoms with E-state index in [2.05, 4.69) is 4.74 Å². The molecule has 0 saturated heterocycles. The Morgan fingerprint density at radius 3 is 2.70 bits per heavy atom. The second kappa shape index (κ2) is 7.90. The van der Waals surface area contributed by atoms with E-state index in [0.29, 0.717) is 24.3 Å². The number of benzene rings is 2. The van der Waals surface area contributed by atoms with E-state index < -0.39 is 10.9 Å². The molecule has 0 bridgehead atoms. The molecular weight excluding hydrogens is 348 g/mol. The van der Waals surface area contributed by atoms with Gasteiger partial charge in [0.25, 0.3) is 5.69 Å². The first-order chi connectivity index (χ1) is 13.0. The molecule has 0 fully saturated rings. The molecule has 1 aliphatic heterocycles. The van der Waals surface area contributed by atoms with Gasteiger partial charge in [0, 0.05) is 25.2 Å². The fourth-order valence-corrected chi connectivity index (χ4v) is 3.16. The van der Waals surface area contributed by atoms with E-state index in [1.165, 1.54) is 30.9 Å². The van der Waals surface area contributed by atoms with Gasteiger partial charge in [-0.25, -0.2) is 4.79 Å². The third-order valence-electron chi connectivity index (χ3n) is 4.58. The van der Waals surface area contributed by atoms with Gasteiger partial charge in [0.05, 0.1) is 19.1 Å². The summed E-state index contributed by atoms with van der Waals surface area (Å²) in [6, 6.07) is 10.9. The SMILES string of the molecule is COC(=O)/C=C/c1ccc(N2CCc3ccc(OC)cc3C2)c([N+](=O)[O-])c1. The average Bonchev–Trinajstić information content (AvgIpc) is 2.70. The number of methoxy groups -OCH3 is 2. The number of fused-ring (bicyclic) bond motifs is 1. The first-order valence-electron chi connectivity index (χ1n) is 8.47. The lowest BCUT2D eigenvalue weighted by molar-refractivity contribution is -0.384. The number of anilines is 1. The van der Waals surface area contributed by atoms with Crippen molar-refractivity contribution in [1.29, 1.82) is 0 Å². The van der Waals surface area contributed by atoms with Crippen LogP contribution in [-0.4, -0.2) is 31.7 Å². The van der Waals surface area contributed by atoms with E-state index in [-0.39, 0.29) is 5.69 Å². The third-order valence-corrected chi connectivity index (χ3v) is 4.58. The predicted octanol–water partition coefficient (Wildman–Crippen LogP) is 3.35. The van der Waals surface area contributed by atoms with Gasteiger partial charge in [-0.05, 0) is 47.4 Å².